The predicted molar refractivity (Wildman–Crippen MR) is 75.5 cm³/mol. The van der Waals surface area contributed by atoms with E-state index < -0.39 is 0 Å². The van der Waals surface area contributed by atoms with Crippen molar-refractivity contribution in [3.63, 3.8) is 0 Å². The summed E-state index contributed by atoms with van der Waals surface area (Å²) in [6.07, 6.45) is 4.21. The summed E-state index contributed by atoms with van der Waals surface area (Å²) in [5.41, 5.74) is 8.34. The van der Waals surface area contributed by atoms with Gasteiger partial charge in [-0.1, -0.05) is 6.07 Å². The van der Waals surface area contributed by atoms with Gasteiger partial charge in [-0.3, -0.25) is 9.78 Å². The second-order valence-electron chi connectivity index (χ2n) is 5.63. The third kappa shape index (κ3) is 2.95. The van der Waals surface area contributed by atoms with Gasteiger partial charge in [-0.25, -0.2) is 0 Å². The first kappa shape index (κ1) is 14.0. The number of rotatable bonds is 2. The molecule has 0 radical (unpaired) electrons. The summed E-state index contributed by atoms with van der Waals surface area (Å²) < 4.78 is 0. The van der Waals surface area contributed by atoms with Crippen LogP contribution in [0.15, 0.2) is 18.3 Å². The van der Waals surface area contributed by atoms with Gasteiger partial charge in [-0.05, 0) is 45.2 Å². The van der Waals surface area contributed by atoms with Crippen molar-refractivity contribution in [2.24, 2.45) is 5.73 Å². The van der Waals surface area contributed by atoms with Crippen molar-refractivity contribution in [2.45, 2.75) is 58.2 Å². The van der Waals surface area contributed by atoms with E-state index in [1.807, 2.05) is 44.0 Å². The van der Waals surface area contributed by atoms with Crippen LogP contribution in [-0.2, 0) is 4.79 Å². The summed E-state index contributed by atoms with van der Waals surface area (Å²) >= 11 is 0. The lowest BCUT2D eigenvalue weighted by Crippen LogP contribution is -2.45. The second kappa shape index (κ2) is 5.70. The van der Waals surface area contributed by atoms with E-state index in [0.717, 1.165) is 24.1 Å². The molecule has 1 aromatic heterocycles. The molecule has 19 heavy (non-hydrogen) atoms. The molecule has 1 aromatic rings. The molecule has 2 heterocycles. The van der Waals surface area contributed by atoms with Gasteiger partial charge in [-0.2, -0.15) is 0 Å². The first-order valence-electron chi connectivity index (χ1n) is 7.00. The van der Waals surface area contributed by atoms with Crippen LogP contribution in [0.5, 0.6) is 0 Å². The van der Waals surface area contributed by atoms with Crippen molar-refractivity contribution < 1.29 is 4.79 Å². The number of carbonyl (C=O) groups excluding carboxylic acids is 1. The molecule has 0 bridgehead atoms. The topological polar surface area (TPSA) is 59.2 Å². The quantitative estimate of drug-likeness (QED) is 0.887. The molecule has 0 saturated carbocycles. The number of nitrogens with two attached hydrogens (primary N) is 1. The molecule has 1 saturated heterocycles. The summed E-state index contributed by atoms with van der Waals surface area (Å²) in [6.45, 7) is 6.05. The number of hydrogen-bond donors (Lipinski definition) is 1. The van der Waals surface area contributed by atoms with Gasteiger partial charge in [0.25, 0.3) is 0 Å². The summed E-state index contributed by atoms with van der Waals surface area (Å²) in [5, 5.41) is 0. The van der Waals surface area contributed by atoms with Crippen LogP contribution in [0.1, 0.15) is 50.4 Å². The van der Waals surface area contributed by atoms with Gasteiger partial charge in [0.05, 0.1) is 6.04 Å². The third-order valence-electron chi connectivity index (χ3n) is 3.75. The third-order valence-corrected chi connectivity index (χ3v) is 3.75. The summed E-state index contributed by atoms with van der Waals surface area (Å²) in [7, 11) is 0. The number of aryl methyl sites for hydroxylation is 1. The fraction of sp³-hybridized carbons (Fsp3) is 0.600. The standard InChI is InChI=1S/C15H23N3O/c1-10(2)18-14(19)6-4-5-13(16)15(18)12-8-7-11(3)17-9-12/h7-10,13,15H,4-6,16H2,1-3H3. The van der Waals surface area contributed by atoms with Gasteiger partial charge >= 0.3 is 0 Å². The molecule has 0 aliphatic carbocycles. The molecular formula is C15H23N3O. The second-order valence-corrected chi connectivity index (χ2v) is 5.63. The van der Waals surface area contributed by atoms with E-state index in [1.165, 1.54) is 0 Å². The molecule has 4 heteroatoms. The van der Waals surface area contributed by atoms with Gasteiger partial charge < -0.3 is 10.6 Å². The number of carbonyl (C=O) groups is 1. The van der Waals surface area contributed by atoms with Gasteiger partial charge in [0.2, 0.25) is 5.91 Å². The lowest BCUT2D eigenvalue weighted by Gasteiger charge is -2.36. The van der Waals surface area contributed by atoms with E-state index in [2.05, 4.69) is 4.98 Å². The Kier molecular flexibility index (Phi) is 4.20. The zero-order valence-corrected chi connectivity index (χ0v) is 12.0. The fourth-order valence-corrected chi connectivity index (χ4v) is 2.81. The highest BCUT2D eigenvalue weighted by Crippen LogP contribution is 2.31. The summed E-state index contributed by atoms with van der Waals surface area (Å²) in [6, 6.07) is 4.11. The van der Waals surface area contributed by atoms with Crippen molar-refractivity contribution in [3.05, 3.63) is 29.6 Å². The molecular weight excluding hydrogens is 238 g/mol. The van der Waals surface area contributed by atoms with Crippen molar-refractivity contribution in [1.29, 1.82) is 0 Å². The minimum atomic E-state index is -0.0527. The Labute approximate surface area is 115 Å². The smallest absolute Gasteiger partial charge is 0.223 e. The van der Waals surface area contributed by atoms with Gasteiger partial charge in [0.15, 0.2) is 0 Å². The summed E-state index contributed by atoms with van der Waals surface area (Å²) in [5.74, 6) is 0.202. The van der Waals surface area contributed by atoms with Crippen LogP contribution in [0.3, 0.4) is 0 Å². The van der Waals surface area contributed by atoms with Crippen LogP contribution in [0.25, 0.3) is 0 Å². The minimum Gasteiger partial charge on any atom is -0.332 e. The maximum Gasteiger partial charge on any atom is 0.223 e. The first-order valence-corrected chi connectivity index (χ1v) is 7.00. The van der Waals surface area contributed by atoms with E-state index in [9.17, 15) is 4.79 Å². The maximum atomic E-state index is 12.3. The Bertz CT molecular complexity index is 441. The Hall–Kier alpha value is -1.42. The van der Waals surface area contributed by atoms with E-state index in [1.54, 1.807) is 0 Å². The van der Waals surface area contributed by atoms with Crippen LogP contribution in [0, 0.1) is 6.92 Å². The summed E-state index contributed by atoms with van der Waals surface area (Å²) in [4.78, 5) is 18.6. The highest BCUT2D eigenvalue weighted by atomic mass is 16.2. The molecule has 1 amide bonds. The van der Waals surface area contributed by atoms with Crippen LogP contribution >= 0.6 is 0 Å². The lowest BCUT2D eigenvalue weighted by molar-refractivity contribution is -0.135. The number of likely N-dealkylation sites (tertiary alicyclic amines) is 1. The van der Waals surface area contributed by atoms with Gasteiger partial charge in [-0.15, -0.1) is 0 Å². The lowest BCUT2D eigenvalue weighted by atomic mass is 9.96. The van der Waals surface area contributed by atoms with Crippen molar-refractivity contribution in [3.8, 4) is 0 Å². The SMILES string of the molecule is Cc1ccc(C2C(N)CCCC(=O)N2C(C)C)cn1. The first-order chi connectivity index (χ1) is 9.00. The molecule has 104 valence electrons. The van der Waals surface area contributed by atoms with Crippen LogP contribution in [-0.4, -0.2) is 27.9 Å². The zero-order valence-electron chi connectivity index (χ0n) is 12.0. The molecule has 1 aliphatic rings. The molecule has 2 atom stereocenters. The molecule has 1 aliphatic heterocycles. The van der Waals surface area contributed by atoms with E-state index in [-0.39, 0.29) is 24.0 Å². The number of amides is 1. The number of hydrogen-bond acceptors (Lipinski definition) is 3. The van der Waals surface area contributed by atoms with Crippen molar-refractivity contribution in [2.75, 3.05) is 0 Å². The number of pyridine rings is 1. The molecule has 2 N–H and O–H groups in total. The average molecular weight is 261 g/mol. The largest absolute Gasteiger partial charge is 0.332 e. The highest BCUT2D eigenvalue weighted by molar-refractivity contribution is 5.77. The van der Waals surface area contributed by atoms with E-state index >= 15 is 0 Å². The number of aromatic nitrogens is 1. The van der Waals surface area contributed by atoms with Crippen LogP contribution in [0.4, 0.5) is 0 Å². The van der Waals surface area contributed by atoms with Gasteiger partial charge in [0.1, 0.15) is 0 Å². The molecule has 4 nitrogen and oxygen atoms in total. The Morgan fingerprint density at radius 3 is 2.74 bits per heavy atom. The van der Waals surface area contributed by atoms with Crippen LogP contribution in [0.2, 0.25) is 0 Å². The zero-order chi connectivity index (χ0) is 14.0. The highest BCUT2D eigenvalue weighted by Gasteiger charge is 2.34. The van der Waals surface area contributed by atoms with Crippen molar-refractivity contribution >= 4 is 5.91 Å². The maximum absolute atomic E-state index is 12.3. The molecule has 0 aromatic carbocycles. The molecule has 1 fully saturated rings. The number of nitrogens with zero attached hydrogens (tertiary/aromatic N) is 2. The monoisotopic (exact) mass is 261 g/mol. The Morgan fingerprint density at radius 2 is 2.16 bits per heavy atom. The van der Waals surface area contributed by atoms with E-state index in [4.69, 9.17) is 5.73 Å². The Balaban J connectivity index is 2.40. The van der Waals surface area contributed by atoms with Crippen molar-refractivity contribution in [1.82, 2.24) is 9.88 Å². The average Bonchev–Trinajstić information content (AvgIpc) is 2.50. The van der Waals surface area contributed by atoms with Gasteiger partial charge in [0, 0.05) is 30.4 Å². The molecule has 0 spiro atoms. The molecule has 2 rings (SSSR count). The molecule has 2 unspecified atom stereocenters. The predicted octanol–water partition coefficient (Wildman–Crippen LogP) is 2.18. The fourth-order valence-electron chi connectivity index (χ4n) is 2.81. The normalized spacial score (nSPS) is 24.7. The minimum absolute atomic E-state index is 0.0154. The van der Waals surface area contributed by atoms with Crippen LogP contribution < -0.4 is 5.73 Å². The van der Waals surface area contributed by atoms with E-state index in [0.29, 0.717) is 6.42 Å². The Morgan fingerprint density at radius 1 is 1.42 bits per heavy atom.